The first-order chi connectivity index (χ1) is 6.36. The lowest BCUT2D eigenvalue weighted by Gasteiger charge is -2.00. The van der Waals surface area contributed by atoms with E-state index in [9.17, 15) is 0 Å². The van der Waals surface area contributed by atoms with E-state index in [1.54, 1.807) is 0 Å². The normalized spacial score (nSPS) is 10.0. The maximum Gasteiger partial charge on any atom is 0.151 e. The molecule has 1 aromatic rings. The van der Waals surface area contributed by atoms with Gasteiger partial charge in [0.25, 0.3) is 0 Å². The van der Waals surface area contributed by atoms with E-state index in [0.717, 1.165) is 4.90 Å². The van der Waals surface area contributed by atoms with Crippen LogP contribution in [0.4, 0.5) is 0 Å². The third kappa shape index (κ3) is 3.88. The Hall–Kier alpha value is -0.405. The Morgan fingerprint density at radius 1 is 1.31 bits per heavy atom. The van der Waals surface area contributed by atoms with Crippen molar-refractivity contribution in [1.29, 1.82) is 0 Å². The molecule has 0 aliphatic rings. The standard InChI is InChI=1S/C10H15BNS/c1-2-3-8-11-9-4-6-10(13-12)7-5-9/h4-7H,2-3,8,12H2,1H3. The number of unbranched alkanes of at least 4 members (excludes halogenated alkanes) is 1. The Kier molecular flexibility index (Phi) is 5.02. The summed E-state index contributed by atoms with van der Waals surface area (Å²) >= 11 is 1.29. The molecule has 1 nitrogen and oxygen atoms in total. The second-order valence-electron chi connectivity index (χ2n) is 3.03. The maximum absolute atomic E-state index is 5.43. The van der Waals surface area contributed by atoms with E-state index in [0.29, 0.717) is 0 Å². The summed E-state index contributed by atoms with van der Waals surface area (Å²) in [6.45, 7) is 2.21. The molecule has 0 fully saturated rings. The molecule has 1 radical (unpaired) electrons. The van der Waals surface area contributed by atoms with Crippen LogP contribution in [0.3, 0.4) is 0 Å². The first kappa shape index (κ1) is 10.7. The summed E-state index contributed by atoms with van der Waals surface area (Å²) in [6, 6.07) is 8.35. The molecule has 0 aromatic heterocycles. The molecule has 0 aliphatic carbocycles. The molecule has 0 saturated heterocycles. The van der Waals surface area contributed by atoms with Gasteiger partial charge in [0.1, 0.15) is 0 Å². The first-order valence-corrected chi connectivity index (χ1v) is 5.54. The zero-order valence-corrected chi connectivity index (χ0v) is 8.81. The van der Waals surface area contributed by atoms with E-state index in [4.69, 9.17) is 5.14 Å². The molecule has 1 aromatic carbocycles. The molecule has 0 bridgehead atoms. The SMILES string of the molecule is CCCC[B]c1ccc(SN)cc1. The van der Waals surface area contributed by atoms with Crippen molar-refractivity contribution < 1.29 is 0 Å². The minimum Gasteiger partial charge on any atom is -0.274 e. The molecule has 1 rings (SSSR count). The minimum atomic E-state index is 1.12. The van der Waals surface area contributed by atoms with Crippen molar-refractivity contribution in [3.8, 4) is 0 Å². The number of hydrogen-bond donors (Lipinski definition) is 1. The van der Waals surface area contributed by atoms with E-state index >= 15 is 0 Å². The smallest absolute Gasteiger partial charge is 0.151 e. The van der Waals surface area contributed by atoms with Crippen LogP contribution in [0.15, 0.2) is 29.2 Å². The summed E-state index contributed by atoms with van der Waals surface area (Å²) in [7, 11) is 2.27. The molecule has 0 amide bonds. The molecule has 3 heteroatoms. The maximum atomic E-state index is 5.43. The summed E-state index contributed by atoms with van der Waals surface area (Å²) in [5.74, 6) is 0. The van der Waals surface area contributed by atoms with Crippen LogP contribution in [-0.4, -0.2) is 7.28 Å². The van der Waals surface area contributed by atoms with Crippen LogP contribution in [-0.2, 0) is 0 Å². The fourth-order valence-electron chi connectivity index (χ4n) is 1.16. The van der Waals surface area contributed by atoms with Crippen LogP contribution in [0.25, 0.3) is 0 Å². The van der Waals surface area contributed by atoms with Crippen LogP contribution < -0.4 is 10.6 Å². The predicted octanol–water partition coefficient (Wildman–Crippen LogP) is 2.20. The molecule has 0 unspecified atom stereocenters. The molecule has 2 N–H and O–H groups in total. The van der Waals surface area contributed by atoms with Crippen molar-refractivity contribution >= 4 is 24.7 Å². The Morgan fingerprint density at radius 2 is 2.00 bits per heavy atom. The van der Waals surface area contributed by atoms with Gasteiger partial charge < -0.3 is 0 Å². The molecule has 13 heavy (non-hydrogen) atoms. The molecule has 0 saturated carbocycles. The highest BCUT2D eigenvalue weighted by Gasteiger charge is 1.95. The summed E-state index contributed by atoms with van der Waals surface area (Å²) < 4.78 is 0. The fourth-order valence-corrected chi connectivity index (χ4v) is 1.45. The van der Waals surface area contributed by atoms with Crippen LogP contribution in [0, 0.1) is 0 Å². The molecular formula is C10H15BNS. The van der Waals surface area contributed by atoms with E-state index < -0.39 is 0 Å². The predicted molar refractivity (Wildman–Crippen MR) is 61.6 cm³/mol. The van der Waals surface area contributed by atoms with Crippen LogP contribution in [0.5, 0.6) is 0 Å². The van der Waals surface area contributed by atoms with Gasteiger partial charge in [-0.3, -0.25) is 5.14 Å². The lowest BCUT2D eigenvalue weighted by molar-refractivity contribution is 0.881. The third-order valence-electron chi connectivity index (χ3n) is 1.95. The third-order valence-corrected chi connectivity index (χ3v) is 2.50. The van der Waals surface area contributed by atoms with E-state index in [1.165, 1.54) is 36.6 Å². The quantitative estimate of drug-likeness (QED) is 0.439. The molecule has 69 valence electrons. The van der Waals surface area contributed by atoms with E-state index in [-0.39, 0.29) is 0 Å². The number of hydrogen-bond acceptors (Lipinski definition) is 2. The number of rotatable bonds is 5. The van der Waals surface area contributed by atoms with Gasteiger partial charge in [-0.15, -0.1) is 0 Å². The van der Waals surface area contributed by atoms with Crippen LogP contribution >= 0.6 is 11.9 Å². The van der Waals surface area contributed by atoms with Gasteiger partial charge in [-0.05, 0) is 24.1 Å². The summed E-state index contributed by atoms with van der Waals surface area (Å²) in [5.41, 5.74) is 1.30. The second kappa shape index (κ2) is 6.11. The zero-order chi connectivity index (χ0) is 9.52. The number of nitrogens with two attached hydrogens (primary N) is 1. The Morgan fingerprint density at radius 3 is 2.54 bits per heavy atom. The van der Waals surface area contributed by atoms with Gasteiger partial charge in [0.2, 0.25) is 0 Å². The van der Waals surface area contributed by atoms with Gasteiger partial charge in [0.05, 0.1) is 0 Å². The monoisotopic (exact) mass is 192 g/mol. The largest absolute Gasteiger partial charge is 0.274 e. The van der Waals surface area contributed by atoms with Crippen LogP contribution in [0.1, 0.15) is 19.8 Å². The van der Waals surface area contributed by atoms with Gasteiger partial charge in [0, 0.05) is 4.90 Å². The lowest BCUT2D eigenvalue weighted by atomic mass is 9.66. The average Bonchev–Trinajstić information content (AvgIpc) is 2.19. The van der Waals surface area contributed by atoms with Crippen molar-refractivity contribution in [2.75, 3.05) is 0 Å². The van der Waals surface area contributed by atoms with Crippen molar-refractivity contribution in [3.63, 3.8) is 0 Å². The minimum absolute atomic E-state index is 1.12. The van der Waals surface area contributed by atoms with Crippen molar-refractivity contribution in [2.24, 2.45) is 5.14 Å². The molecule has 0 heterocycles. The second-order valence-corrected chi connectivity index (χ2v) is 3.74. The van der Waals surface area contributed by atoms with Gasteiger partial charge in [0.15, 0.2) is 7.28 Å². The van der Waals surface area contributed by atoms with Crippen molar-refractivity contribution in [3.05, 3.63) is 24.3 Å². The molecule has 0 aliphatic heterocycles. The first-order valence-electron chi connectivity index (χ1n) is 4.67. The van der Waals surface area contributed by atoms with E-state index in [1.807, 2.05) is 0 Å². The Labute approximate surface area is 85.5 Å². The highest BCUT2D eigenvalue weighted by Crippen LogP contribution is 2.08. The highest BCUT2D eigenvalue weighted by molar-refractivity contribution is 7.97. The van der Waals surface area contributed by atoms with Gasteiger partial charge in [-0.25, -0.2) is 0 Å². The summed E-state index contributed by atoms with van der Waals surface area (Å²) in [5, 5.41) is 5.43. The van der Waals surface area contributed by atoms with Crippen molar-refractivity contribution in [2.45, 2.75) is 31.0 Å². The topological polar surface area (TPSA) is 26.0 Å². The summed E-state index contributed by atoms with van der Waals surface area (Å²) in [4.78, 5) is 1.12. The Balaban J connectivity index is 2.40. The average molecular weight is 192 g/mol. The molecular weight excluding hydrogens is 177 g/mol. The lowest BCUT2D eigenvalue weighted by Crippen LogP contribution is -2.12. The Bertz CT molecular complexity index is 235. The van der Waals surface area contributed by atoms with Gasteiger partial charge in [-0.1, -0.05) is 43.7 Å². The molecule has 0 spiro atoms. The summed E-state index contributed by atoms with van der Waals surface area (Å²) in [6.07, 6.45) is 3.70. The van der Waals surface area contributed by atoms with Gasteiger partial charge in [-0.2, -0.15) is 0 Å². The fraction of sp³-hybridized carbons (Fsp3) is 0.400. The van der Waals surface area contributed by atoms with Crippen molar-refractivity contribution in [1.82, 2.24) is 0 Å². The van der Waals surface area contributed by atoms with Crippen LogP contribution in [0.2, 0.25) is 6.32 Å². The zero-order valence-electron chi connectivity index (χ0n) is 7.99. The molecule has 0 atom stereocenters. The highest BCUT2D eigenvalue weighted by atomic mass is 32.2. The van der Waals surface area contributed by atoms with Gasteiger partial charge >= 0.3 is 0 Å². The van der Waals surface area contributed by atoms with E-state index in [2.05, 4.69) is 38.5 Å². The number of benzene rings is 1.